The summed E-state index contributed by atoms with van der Waals surface area (Å²) in [6.07, 6.45) is 7.27. The molecule has 1 amide bonds. The second kappa shape index (κ2) is 7.31. The normalized spacial score (nSPS) is 20.2. The molecule has 3 heteroatoms. The topological polar surface area (TPSA) is 32.7 Å². The van der Waals surface area contributed by atoms with Crippen molar-refractivity contribution in [2.75, 3.05) is 4.90 Å². The SMILES string of the molecule is C=C/C=C/[C@H]1C(=O)N(c2ccc(C)cc2)[C@H]1C=Nc1ccc(C)cc1. The molecule has 0 unspecified atom stereocenters. The lowest BCUT2D eigenvalue weighted by atomic mass is 9.86. The summed E-state index contributed by atoms with van der Waals surface area (Å²) in [7, 11) is 0. The first-order valence-corrected chi connectivity index (χ1v) is 8.40. The van der Waals surface area contributed by atoms with Gasteiger partial charge in [-0.25, -0.2) is 0 Å². The predicted molar refractivity (Wildman–Crippen MR) is 105 cm³/mol. The number of benzene rings is 2. The number of aryl methyl sites for hydroxylation is 2. The molecular formula is C22H22N2O. The fourth-order valence-corrected chi connectivity index (χ4v) is 2.88. The highest BCUT2D eigenvalue weighted by Gasteiger charge is 2.45. The Morgan fingerprint density at radius 3 is 2.20 bits per heavy atom. The van der Waals surface area contributed by atoms with E-state index in [0.717, 1.165) is 11.4 Å². The van der Waals surface area contributed by atoms with Crippen LogP contribution in [-0.2, 0) is 4.79 Å². The molecule has 3 nitrogen and oxygen atoms in total. The minimum absolute atomic E-state index is 0.0855. The molecule has 0 aliphatic carbocycles. The lowest BCUT2D eigenvalue weighted by Crippen LogP contribution is -2.61. The van der Waals surface area contributed by atoms with E-state index in [2.05, 4.69) is 11.6 Å². The molecule has 0 spiro atoms. The van der Waals surface area contributed by atoms with Crippen LogP contribution in [0.15, 0.2) is 78.3 Å². The summed E-state index contributed by atoms with van der Waals surface area (Å²) in [6.45, 7) is 7.77. The van der Waals surface area contributed by atoms with Crippen molar-refractivity contribution in [1.29, 1.82) is 0 Å². The van der Waals surface area contributed by atoms with Crippen molar-refractivity contribution in [1.82, 2.24) is 0 Å². The number of β-lactam (4-membered cyclic amide) rings is 1. The Morgan fingerprint density at radius 1 is 1.00 bits per heavy atom. The summed E-state index contributed by atoms with van der Waals surface area (Å²) in [5.41, 5.74) is 4.16. The van der Waals surface area contributed by atoms with Crippen LogP contribution in [0.5, 0.6) is 0 Å². The van der Waals surface area contributed by atoms with Gasteiger partial charge in [0.2, 0.25) is 5.91 Å². The van der Waals surface area contributed by atoms with Crippen molar-refractivity contribution in [3.63, 3.8) is 0 Å². The summed E-state index contributed by atoms with van der Waals surface area (Å²) in [4.78, 5) is 19.0. The van der Waals surface area contributed by atoms with Gasteiger partial charge in [-0.3, -0.25) is 9.79 Å². The average molecular weight is 330 g/mol. The number of anilines is 1. The van der Waals surface area contributed by atoms with E-state index in [1.54, 1.807) is 11.0 Å². The van der Waals surface area contributed by atoms with Gasteiger partial charge in [0.25, 0.3) is 0 Å². The van der Waals surface area contributed by atoms with Gasteiger partial charge < -0.3 is 4.90 Å². The van der Waals surface area contributed by atoms with E-state index < -0.39 is 0 Å². The zero-order chi connectivity index (χ0) is 17.8. The highest BCUT2D eigenvalue weighted by Crippen LogP contribution is 2.33. The maximum Gasteiger partial charge on any atom is 0.237 e. The largest absolute Gasteiger partial charge is 0.302 e. The molecule has 126 valence electrons. The molecule has 2 atom stereocenters. The minimum atomic E-state index is -0.200. The van der Waals surface area contributed by atoms with Crippen molar-refractivity contribution in [3.8, 4) is 0 Å². The van der Waals surface area contributed by atoms with E-state index in [0.29, 0.717) is 0 Å². The molecule has 1 heterocycles. The van der Waals surface area contributed by atoms with Crippen molar-refractivity contribution >= 4 is 23.5 Å². The zero-order valence-corrected chi connectivity index (χ0v) is 14.6. The minimum Gasteiger partial charge on any atom is -0.302 e. The summed E-state index contributed by atoms with van der Waals surface area (Å²) in [6, 6.07) is 15.9. The quantitative estimate of drug-likeness (QED) is 0.441. The Hall–Kier alpha value is -2.94. The molecule has 0 radical (unpaired) electrons. The summed E-state index contributed by atoms with van der Waals surface area (Å²) in [5, 5.41) is 0. The van der Waals surface area contributed by atoms with Crippen LogP contribution in [0.1, 0.15) is 11.1 Å². The second-order valence-electron chi connectivity index (χ2n) is 6.29. The number of carbonyl (C=O) groups excluding carboxylic acids is 1. The van der Waals surface area contributed by atoms with Gasteiger partial charge in [0.15, 0.2) is 0 Å². The summed E-state index contributed by atoms with van der Waals surface area (Å²) in [5.74, 6) is -0.115. The molecule has 25 heavy (non-hydrogen) atoms. The molecule has 1 aliphatic rings. The number of carbonyl (C=O) groups is 1. The molecule has 0 N–H and O–H groups in total. The van der Waals surface area contributed by atoms with E-state index in [-0.39, 0.29) is 17.9 Å². The Labute approximate surface area is 149 Å². The summed E-state index contributed by atoms with van der Waals surface area (Å²) >= 11 is 0. The van der Waals surface area contributed by atoms with Gasteiger partial charge in [0.05, 0.1) is 17.6 Å². The van der Waals surface area contributed by atoms with Crippen LogP contribution in [0.4, 0.5) is 11.4 Å². The molecule has 0 saturated carbocycles. The van der Waals surface area contributed by atoms with Crippen LogP contribution in [-0.4, -0.2) is 18.2 Å². The molecule has 2 aromatic carbocycles. The van der Waals surface area contributed by atoms with Gasteiger partial charge in [-0.15, -0.1) is 0 Å². The van der Waals surface area contributed by atoms with Gasteiger partial charge >= 0.3 is 0 Å². The first kappa shape index (κ1) is 16.9. The number of amides is 1. The maximum atomic E-state index is 12.6. The van der Waals surface area contributed by atoms with E-state index in [9.17, 15) is 4.79 Å². The van der Waals surface area contributed by atoms with Gasteiger partial charge in [-0.1, -0.05) is 60.2 Å². The fourth-order valence-electron chi connectivity index (χ4n) is 2.88. The number of hydrogen-bond acceptors (Lipinski definition) is 2. The van der Waals surface area contributed by atoms with Crippen molar-refractivity contribution in [3.05, 3.63) is 84.5 Å². The molecule has 2 aromatic rings. The highest BCUT2D eigenvalue weighted by atomic mass is 16.2. The smallest absolute Gasteiger partial charge is 0.237 e. The highest BCUT2D eigenvalue weighted by molar-refractivity contribution is 6.10. The van der Waals surface area contributed by atoms with Gasteiger partial charge in [0, 0.05) is 11.9 Å². The predicted octanol–water partition coefficient (Wildman–Crippen LogP) is 4.78. The fraction of sp³-hybridized carbons (Fsp3) is 0.182. The van der Waals surface area contributed by atoms with Crippen molar-refractivity contribution in [2.45, 2.75) is 19.9 Å². The lowest BCUT2D eigenvalue weighted by molar-refractivity contribution is -0.126. The number of rotatable bonds is 5. The van der Waals surface area contributed by atoms with Gasteiger partial charge in [-0.05, 0) is 38.1 Å². The molecular weight excluding hydrogens is 308 g/mol. The Bertz CT molecular complexity index is 816. The van der Waals surface area contributed by atoms with Crippen LogP contribution in [0.25, 0.3) is 0 Å². The molecule has 1 saturated heterocycles. The van der Waals surface area contributed by atoms with Crippen LogP contribution in [0, 0.1) is 19.8 Å². The van der Waals surface area contributed by atoms with Crippen LogP contribution in [0.3, 0.4) is 0 Å². The first-order valence-electron chi connectivity index (χ1n) is 8.40. The molecule has 0 bridgehead atoms. The van der Waals surface area contributed by atoms with Gasteiger partial charge in [-0.2, -0.15) is 0 Å². The Kier molecular flexibility index (Phi) is 4.94. The van der Waals surface area contributed by atoms with Crippen molar-refractivity contribution in [2.24, 2.45) is 10.9 Å². The molecule has 1 aliphatic heterocycles. The van der Waals surface area contributed by atoms with Crippen molar-refractivity contribution < 1.29 is 4.79 Å². The van der Waals surface area contributed by atoms with Crippen LogP contribution in [0.2, 0.25) is 0 Å². The van der Waals surface area contributed by atoms with E-state index in [4.69, 9.17) is 0 Å². The lowest BCUT2D eigenvalue weighted by Gasteiger charge is -2.44. The zero-order valence-electron chi connectivity index (χ0n) is 14.6. The Balaban J connectivity index is 1.87. The number of hydrogen-bond donors (Lipinski definition) is 0. The third-order valence-corrected chi connectivity index (χ3v) is 4.37. The Morgan fingerprint density at radius 2 is 1.60 bits per heavy atom. The van der Waals surface area contributed by atoms with E-state index >= 15 is 0 Å². The first-order chi connectivity index (χ1) is 12.1. The number of nitrogens with zero attached hydrogens (tertiary/aromatic N) is 2. The standard InChI is InChI=1S/C22H22N2O/c1-4-5-6-20-21(15-23-18-11-7-16(2)8-12-18)24(22(20)25)19-13-9-17(3)10-14-19/h4-15,20-21H,1H2,2-3H3/b6-5+,23-15?/t20-,21+/m1/s1. The molecule has 0 aromatic heterocycles. The monoisotopic (exact) mass is 330 g/mol. The van der Waals surface area contributed by atoms with Crippen LogP contribution < -0.4 is 4.90 Å². The van der Waals surface area contributed by atoms with E-state index in [1.165, 1.54) is 11.1 Å². The van der Waals surface area contributed by atoms with Gasteiger partial charge in [0.1, 0.15) is 0 Å². The average Bonchev–Trinajstić information content (AvgIpc) is 2.62. The van der Waals surface area contributed by atoms with E-state index in [1.807, 2.05) is 80.7 Å². The number of allylic oxidation sites excluding steroid dienone is 2. The summed E-state index contributed by atoms with van der Waals surface area (Å²) < 4.78 is 0. The maximum absolute atomic E-state index is 12.6. The second-order valence-corrected chi connectivity index (χ2v) is 6.29. The third kappa shape index (κ3) is 3.61. The van der Waals surface area contributed by atoms with Crippen LogP contribution >= 0.6 is 0 Å². The molecule has 1 fully saturated rings. The number of aliphatic imine (C=N–C) groups is 1. The third-order valence-electron chi connectivity index (χ3n) is 4.37. The molecule has 3 rings (SSSR count).